The first-order valence-electron chi connectivity index (χ1n) is 13.9. The average molecular weight is 585 g/mol. The highest BCUT2D eigenvalue weighted by molar-refractivity contribution is 6.02. The van der Waals surface area contributed by atoms with E-state index in [2.05, 4.69) is 33.8 Å². The van der Waals surface area contributed by atoms with Gasteiger partial charge in [0, 0.05) is 70.1 Å². The monoisotopic (exact) mass is 584 g/mol. The van der Waals surface area contributed by atoms with E-state index in [4.69, 9.17) is 10.2 Å². The maximum absolute atomic E-state index is 12.5. The molecule has 4 heterocycles. The molecule has 0 aromatic carbocycles. The van der Waals surface area contributed by atoms with E-state index in [-0.39, 0.29) is 37.5 Å². The van der Waals surface area contributed by atoms with Crippen LogP contribution in [0.25, 0.3) is 24.3 Å². The van der Waals surface area contributed by atoms with Gasteiger partial charge in [0.1, 0.15) is 0 Å². The lowest BCUT2D eigenvalue weighted by molar-refractivity contribution is -0.138. The maximum atomic E-state index is 12.5. The Morgan fingerprint density at radius 1 is 0.698 bits per heavy atom. The van der Waals surface area contributed by atoms with Gasteiger partial charge in [-0.05, 0) is 80.5 Å². The van der Waals surface area contributed by atoms with Gasteiger partial charge in [-0.25, -0.2) is 0 Å². The van der Waals surface area contributed by atoms with Crippen LogP contribution in [0.4, 0.5) is 0 Å². The fourth-order valence-corrected chi connectivity index (χ4v) is 5.57. The minimum absolute atomic E-state index is 0.116. The van der Waals surface area contributed by atoms with Crippen molar-refractivity contribution in [3.63, 3.8) is 0 Å². The molecule has 10 nitrogen and oxygen atoms in total. The van der Waals surface area contributed by atoms with Gasteiger partial charge in [-0.2, -0.15) is 0 Å². The van der Waals surface area contributed by atoms with Gasteiger partial charge in [-0.15, -0.1) is 0 Å². The first kappa shape index (κ1) is 30.8. The van der Waals surface area contributed by atoms with Crippen LogP contribution < -0.4 is 10.6 Å². The third-order valence-corrected chi connectivity index (χ3v) is 8.13. The Balaban J connectivity index is 1.66. The summed E-state index contributed by atoms with van der Waals surface area (Å²) in [5.41, 5.74) is 10.8. The Kier molecular flexibility index (Phi) is 8.89. The zero-order valence-electron chi connectivity index (χ0n) is 24.8. The topological polar surface area (TPSA) is 164 Å². The smallest absolute Gasteiger partial charge is 0.303 e. The summed E-state index contributed by atoms with van der Waals surface area (Å²) in [6.07, 6.45) is 7.84. The number of amides is 2. The fraction of sp³-hybridized carbons (Fsp3) is 0.273. The van der Waals surface area contributed by atoms with Crippen LogP contribution in [-0.2, 0) is 25.6 Å². The zero-order valence-corrected chi connectivity index (χ0v) is 24.8. The Hall–Kier alpha value is -5.12. The van der Waals surface area contributed by atoms with Crippen LogP contribution in [-0.4, -0.2) is 43.9 Å². The largest absolute Gasteiger partial charge is 0.481 e. The van der Waals surface area contributed by atoms with Crippen molar-refractivity contribution in [3.8, 4) is 0 Å². The number of aliphatic carboxylic acids is 2. The molecule has 0 bridgehead atoms. The molecule has 0 saturated carbocycles. The molecule has 2 aromatic heterocycles. The molecule has 6 N–H and O–H groups in total. The number of aromatic nitrogens is 2. The van der Waals surface area contributed by atoms with E-state index < -0.39 is 11.9 Å². The number of carbonyl (C=O) groups is 4. The molecule has 2 aliphatic heterocycles. The summed E-state index contributed by atoms with van der Waals surface area (Å²) < 4.78 is 0. The zero-order chi connectivity index (χ0) is 31.6. The Morgan fingerprint density at radius 2 is 1.16 bits per heavy atom. The molecule has 4 rings (SSSR count). The van der Waals surface area contributed by atoms with Crippen LogP contribution in [0, 0.1) is 13.8 Å². The molecule has 2 amide bonds. The second kappa shape index (κ2) is 12.4. The van der Waals surface area contributed by atoms with Gasteiger partial charge in [0.05, 0.1) is 0 Å². The summed E-state index contributed by atoms with van der Waals surface area (Å²) in [5, 5.41) is 23.8. The highest BCUT2D eigenvalue weighted by Gasteiger charge is 2.27. The number of carboxylic acid groups (broad SMARTS) is 2. The number of allylic oxidation sites excluding steroid dienone is 2. The quantitative estimate of drug-likeness (QED) is 0.202. The van der Waals surface area contributed by atoms with Crippen LogP contribution in [0.15, 0.2) is 46.8 Å². The molecule has 0 spiro atoms. The van der Waals surface area contributed by atoms with Crippen molar-refractivity contribution in [2.24, 2.45) is 0 Å². The van der Waals surface area contributed by atoms with E-state index in [0.29, 0.717) is 29.0 Å². The van der Waals surface area contributed by atoms with Crippen LogP contribution >= 0.6 is 0 Å². The van der Waals surface area contributed by atoms with E-state index in [0.717, 1.165) is 56.2 Å². The second-order valence-electron chi connectivity index (χ2n) is 10.7. The number of H-pyrrole nitrogens is 2. The molecule has 224 valence electrons. The normalized spacial score (nSPS) is 16.8. The molecule has 0 atom stereocenters. The van der Waals surface area contributed by atoms with Crippen LogP contribution in [0.2, 0.25) is 0 Å². The maximum Gasteiger partial charge on any atom is 0.303 e. The number of carboxylic acids is 2. The van der Waals surface area contributed by atoms with E-state index in [1.807, 2.05) is 32.9 Å². The molecule has 43 heavy (non-hydrogen) atoms. The average Bonchev–Trinajstić information content (AvgIpc) is 3.58. The van der Waals surface area contributed by atoms with E-state index >= 15 is 0 Å². The Morgan fingerprint density at radius 3 is 1.63 bits per heavy atom. The Labute approximate surface area is 249 Å². The van der Waals surface area contributed by atoms with E-state index in [1.54, 1.807) is 19.1 Å². The van der Waals surface area contributed by atoms with E-state index in [9.17, 15) is 19.2 Å². The SMILES string of the molecule is C=Cc1c(/C=C2/NC(=O)C(CCC(=O)O)=C2C)[nH]c(Cc2[nH]c(/C=C3\NC(=O)C(CCC(=O)O)=C3C)c(C)c2C=C)c1C. The van der Waals surface area contributed by atoms with Crippen molar-refractivity contribution in [2.75, 3.05) is 0 Å². The molecular weight excluding hydrogens is 548 g/mol. The third kappa shape index (κ3) is 6.23. The third-order valence-electron chi connectivity index (χ3n) is 8.13. The van der Waals surface area contributed by atoms with Crippen LogP contribution in [0.5, 0.6) is 0 Å². The number of rotatable bonds is 12. The van der Waals surface area contributed by atoms with Crippen molar-refractivity contribution >= 4 is 48.1 Å². The molecule has 0 radical (unpaired) electrons. The van der Waals surface area contributed by atoms with Crippen molar-refractivity contribution in [2.45, 2.75) is 59.8 Å². The summed E-state index contributed by atoms with van der Waals surface area (Å²) in [6.45, 7) is 15.6. The molecule has 2 aliphatic rings. The minimum atomic E-state index is -0.956. The van der Waals surface area contributed by atoms with Gasteiger partial charge in [0.15, 0.2) is 0 Å². The van der Waals surface area contributed by atoms with Gasteiger partial charge in [0.25, 0.3) is 11.8 Å². The standard InChI is InChI=1S/C33H36N4O6/c1-7-20-16(3)24(13-26-18(5)22(32(42)36-26)9-11-30(38)39)34-28(20)14-25-17(4)21(8-2)29(35-25)15-27-19(6)23(33(43)37-27)10-12-31(40)41/h7-8,13,15,34-35H,1-2,9-12,14H2,3-6H3,(H,36,42)(H,37,43)(H,38,39)(H,40,41)/b26-13-,27-15+. The van der Waals surface area contributed by atoms with E-state index in [1.165, 1.54) is 0 Å². The van der Waals surface area contributed by atoms with Crippen molar-refractivity contribution in [1.82, 2.24) is 20.6 Å². The molecular formula is C33H36N4O6. The second-order valence-corrected chi connectivity index (χ2v) is 10.7. The summed E-state index contributed by atoms with van der Waals surface area (Å²) >= 11 is 0. The van der Waals surface area contributed by atoms with Crippen molar-refractivity contribution in [3.05, 3.63) is 91.9 Å². The fourth-order valence-electron chi connectivity index (χ4n) is 5.57. The number of nitrogens with one attached hydrogen (secondary N) is 4. The van der Waals surface area contributed by atoms with Crippen molar-refractivity contribution in [1.29, 1.82) is 0 Å². The lowest BCUT2D eigenvalue weighted by atomic mass is 10.0. The minimum Gasteiger partial charge on any atom is -0.481 e. The molecule has 0 aliphatic carbocycles. The molecule has 0 saturated heterocycles. The molecule has 0 fully saturated rings. The summed E-state index contributed by atoms with van der Waals surface area (Å²) in [4.78, 5) is 54.0. The Bertz CT molecular complexity index is 1710. The number of hydrogen-bond acceptors (Lipinski definition) is 4. The van der Waals surface area contributed by atoms with Gasteiger partial charge in [-0.1, -0.05) is 25.3 Å². The summed E-state index contributed by atoms with van der Waals surface area (Å²) in [7, 11) is 0. The van der Waals surface area contributed by atoms with Crippen molar-refractivity contribution < 1.29 is 29.4 Å². The number of aromatic amines is 2. The highest BCUT2D eigenvalue weighted by atomic mass is 16.4. The first-order valence-corrected chi connectivity index (χ1v) is 13.9. The number of carbonyl (C=O) groups excluding carboxylic acids is 2. The number of hydrogen-bond donors (Lipinski definition) is 6. The summed E-state index contributed by atoms with van der Waals surface area (Å²) in [6, 6.07) is 0. The van der Waals surface area contributed by atoms with Gasteiger partial charge in [-0.3, -0.25) is 19.2 Å². The molecule has 2 aromatic rings. The van der Waals surface area contributed by atoms with Crippen LogP contribution in [0.1, 0.15) is 84.6 Å². The van der Waals surface area contributed by atoms with Crippen LogP contribution in [0.3, 0.4) is 0 Å². The lowest BCUT2D eigenvalue weighted by Gasteiger charge is -2.02. The highest BCUT2D eigenvalue weighted by Crippen LogP contribution is 2.32. The van der Waals surface area contributed by atoms with Gasteiger partial charge >= 0.3 is 11.9 Å². The summed E-state index contributed by atoms with van der Waals surface area (Å²) in [5.74, 6) is -2.48. The molecule has 10 heteroatoms. The lowest BCUT2D eigenvalue weighted by Crippen LogP contribution is -2.16. The first-order chi connectivity index (χ1) is 20.4. The molecule has 0 unspecified atom stereocenters. The predicted molar refractivity (Wildman–Crippen MR) is 165 cm³/mol. The van der Waals surface area contributed by atoms with Gasteiger partial charge < -0.3 is 30.8 Å². The predicted octanol–water partition coefficient (Wildman–Crippen LogP) is 5.14. The van der Waals surface area contributed by atoms with Gasteiger partial charge in [0.2, 0.25) is 0 Å².